The minimum absolute atomic E-state index is 0.0216. The third-order valence-corrected chi connectivity index (χ3v) is 7.68. The molecule has 1 aliphatic heterocycles. The Balaban J connectivity index is 0.000000325. The zero-order valence-electron chi connectivity index (χ0n) is 27.1. The van der Waals surface area contributed by atoms with Gasteiger partial charge in [-0.1, -0.05) is 34.3 Å². The Labute approximate surface area is 270 Å². The number of hydrogen-bond donors (Lipinski definition) is 2. The van der Waals surface area contributed by atoms with Crippen LogP contribution in [0.15, 0.2) is 35.6 Å². The van der Waals surface area contributed by atoms with E-state index in [1.807, 2.05) is 6.92 Å². The number of halogens is 5. The van der Waals surface area contributed by atoms with Crippen molar-refractivity contribution in [2.75, 3.05) is 18.8 Å². The number of hydrogen-bond acceptors (Lipinski definition) is 6. The number of allylic oxidation sites excluding steroid dienone is 1. The quantitative estimate of drug-likeness (QED) is 0.117. The molecular formula is C32H44BF5N6S. The molecule has 0 amide bonds. The lowest BCUT2D eigenvalue weighted by molar-refractivity contribution is 0.0273. The van der Waals surface area contributed by atoms with E-state index >= 15 is 0 Å². The minimum atomic E-state index is -2.12. The van der Waals surface area contributed by atoms with Gasteiger partial charge in [0, 0.05) is 30.4 Å². The average molecular weight is 651 g/mol. The van der Waals surface area contributed by atoms with Crippen molar-refractivity contribution in [3.63, 3.8) is 0 Å². The van der Waals surface area contributed by atoms with Crippen molar-refractivity contribution in [2.24, 2.45) is 10.9 Å². The molecule has 3 unspecified atom stereocenters. The molecule has 3 atom stereocenters. The normalized spacial score (nSPS) is 19.6. The molecule has 0 bridgehead atoms. The number of anilines is 1. The van der Waals surface area contributed by atoms with Gasteiger partial charge in [-0.15, -0.1) is 5.10 Å². The van der Waals surface area contributed by atoms with Gasteiger partial charge in [0.25, 0.3) is 0 Å². The van der Waals surface area contributed by atoms with E-state index in [0.29, 0.717) is 28.9 Å². The number of nitrogen functional groups attached to an aromatic ring is 1. The van der Waals surface area contributed by atoms with Crippen LogP contribution in [-0.2, 0) is 6.42 Å². The van der Waals surface area contributed by atoms with E-state index in [2.05, 4.69) is 46.1 Å². The number of nitrogens with two attached hydrogens (primary N) is 1. The van der Waals surface area contributed by atoms with Crippen molar-refractivity contribution in [1.82, 2.24) is 19.5 Å². The third-order valence-electron chi connectivity index (χ3n) is 7.52. The second-order valence-electron chi connectivity index (χ2n) is 11.7. The molecule has 45 heavy (non-hydrogen) atoms. The van der Waals surface area contributed by atoms with Gasteiger partial charge in [-0.3, -0.25) is 4.99 Å². The highest BCUT2D eigenvalue weighted by Gasteiger charge is 2.37. The second-order valence-corrected chi connectivity index (χ2v) is 12.7. The molecule has 2 N–H and O–H groups in total. The first-order valence-electron chi connectivity index (χ1n) is 14.9. The van der Waals surface area contributed by atoms with Gasteiger partial charge in [-0.2, -0.15) is 12.6 Å². The minimum Gasteiger partial charge on any atom is -0.372 e. The van der Waals surface area contributed by atoms with E-state index in [1.54, 1.807) is 33.8 Å². The van der Waals surface area contributed by atoms with E-state index in [-0.39, 0.29) is 36.0 Å². The molecule has 246 valence electrons. The Bertz CT molecular complexity index is 1460. The van der Waals surface area contributed by atoms with Crippen molar-refractivity contribution >= 4 is 43.8 Å². The molecule has 3 heterocycles. The number of alkyl halides is 3. The van der Waals surface area contributed by atoms with Gasteiger partial charge < -0.3 is 10.6 Å². The lowest BCUT2D eigenvalue weighted by Gasteiger charge is -2.41. The number of benzene rings is 1. The van der Waals surface area contributed by atoms with Gasteiger partial charge in [0.05, 0.1) is 31.8 Å². The Hall–Kier alpha value is -3.09. The molecule has 2 aromatic heterocycles. The molecule has 0 aliphatic carbocycles. The van der Waals surface area contributed by atoms with E-state index in [4.69, 9.17) is 13.6 Å². The van der Waals surface area contributed by atoms with Crippen LogP contribution in [0.1, 0.15) is 72.1 Å². The number of nitrogens with zero attached hydrogens (tertiary/aromatic N) is 5. The largest absolute Gasteiger partial charge is 0.372 e. The highest BCUT2D eigenvalue weighted by molar-refractivity contribution is 7.83. The molecule has 1 saturated heterocycles. The molecule has 1 aromatic carbocycles. The standard InChI is InChI=1S/C18H18BF2N5S.C11H20FN.C3H6F2/c1-4-23-15-9(2)5-10(6-11(15)20)14-12(21)8-26-16(14)13(7-18(3,19)27)24-17(22)25-26;1-5-10(3)13-7-6-9(2)11(4,12)8-13;1-2-3(4)5/h4-6,8,27H,7H2,1-3H3,(H2,22,25);9H,3,5-8H2,1-2,4H3;3H,2H2,1H3. The van der Waals surface area contributed by atoms with Crippen molar-refractivity contribution in [2.45, 2.75) is 90.9 Å². The summed E-state index contributed by atoms with van der Waals surface area (Å²) in [5.41, 5.74) is 7.89. The fourth-order valence-electron chi connectivity index (χ4n) is 4.81. The highest BCUT2D eigenvalue weighted by atomic mass is 32.1. The molecular weight excluding hydrogens is 606 g/mol. The Morgan fingerprint density at radius 2 is 1.93 bits per heavy atom. The summed E-state index contributed by atoms with van der Waals surface area (Å²) in [6.45, 7) is 17.7. The van der Waals surface area contributed by atoms with Crippen LogP contribution in [0.25, 0.3) is 16.6 Å². The maximum atomic E-state index is 14.8. The predicted octanol–water partition coefficient (Wildman–Crippen LogP) is 8.29. The maximum absolute atomic E-state index is 14.8. The fourth-order valence-corrected chi connectivity index (χ4v) is 4.96. The number of likely N-dealkylation sites (tertiary alicyclic amines) is 1. The number of aryl methyl sites for hydroxylation is 1. The summed E-state index contributed by atoms with van der Waals surface area (Å²) in [5.74, 6) is -0.961. The van der Waals surface area contributed by atoms with Crippen molar-refractivity contribution in [3.05, 3.63) is 53.5 Å². The topological polar surface area (TPSA) is 71.8 Å². The summed E-state index contributed by atoms with van der Waals surface area (Å²) in [4.78, 5) is 10.3. The van der Waals surface area contributed by atoms with Gasteiger partial charge in [0.1, 0.15) is 17.2 Å². The first-order chi connectivity index (χ1) is 20.8. The molecule has 6 nitrogen and oxygen atoms in total. The first kappa shape index (κ1) is 38.1. The SMILES string of the molecule is C=C(CC)N1CCC(C)C(C)(F)C1.CCC(F)F.[B]C(C)(S)Cc1nc(N)nn2cc(F)c(-c3cc(C)c(N=CC)c(F)c3)c12. The molecule has 0 spiro atoms. The van der Waals surface area contributed by atoms with Crippen molar-refractivity contribution in [3.8, 4) is 11.1 Å². The second kappa shape index (κ2) is 16.0. The highest BCUT2D eigenvalue weighted by Crippen LogP contribution is 2.36. The summed E-state index contributed by atoms with van der Waals surface area (Å²) in [6, 6.07) is 2.92. The molecule has 13 heteroatoms. The van der Waals surface area contributed by atoms with E-state index in [1.165, 1.54) is 29.9 Å². The molecule has 1 fully saturated rings. The van der Waals surface area contributed by atoms with E-state index in [9.17, 15) is 22.0 Å². The van der Waals surface area contributed by atoms with E-state index in [0.717, 1.165) is 25.1 Å². The van der Waals surface area contributed by atoms with Gasteiger partial charge in [0.15, 0.2) is 5.82 Å². The van der Waals surface area contributed by atoms with Crippen molar-refractivity contribution in [1.29, 1.82) is 0 Å². The maximum Gasteiger partial charge on any atom is 0.238 e. The van der Waals surface area contributed by atoms with Crippen LogP contribution in [0, 0.1) is 24.5 Å². The average Bonchev–Trinajstić information content (AvgIpc) is 3.27. The number of aromatic nitrogens is 3. The van der Waals surface area contributed by atoms with Gasteiger partial charge in [-0.25, -0.2) is 31.5 Å². The number of thiol groups is 1. The lowest BCUT2D eigenvalue weighted by atomic mass is 9.83. The third kappa shape index (κ3) is 10.5. The van der Waals surface area contributed by atoms with Crippen LogP contribution in [-0.4, -0.2) is 63.4 Å². The molecule has 1 aliphatic rings. The van der Waals surface area contributed by atoms with Crippen LogP contribution in [0.3, 0.4) is 0 Å². The zero-order valence-corrected chi connectivity index (χ0v) is 28.0. The molecule has 4 rings (SSSR count). The summed E-state index contributed by atoms with van der Waals surface area (Å²) >= 11 is 4.32. The number of fused-ring (bicyclic) bond motifs is 1. The van der Waals surface area contributed by atoms with Crippen LogP contribution in [0.5, 0.6) is 0 Å². The van der Waals surface area contributed by atoms with Crippen LogP contribution >= 0.6 is 12.6 Å². The summed E-state index contributed by atoms with van der Waals surface area (Å²) in [5, 5.41) is 4.03. The molecule has 2 radical (unpaired) electrons. The van der Waals surface area contributed by atoms with Gasteiger partial charge >= 0.3 is 0 Å². The van der Waals surface area contributed by atoms with E-state index < -0.39 is 28.4 Å². The monoisotopic (exact) mass is 650 g/mol. The summed E-state index contributed by atoms with van der Waals surface area (Å²) in [7, 11) is 5.99. The van der Waals surface area contributed by atoms with Crippen LogP contribution < -0.4 is 5.73 Å². The number of aliphatic imine (C=N–C) groups is 1. The number of rotatable bonds is 7. The van der Waals surface area contributed by atoms with Crippen LogP contribution in [0.2, 0.25) is 0 Å². The summed E-state index contributed by atoms with van der Waals surface area (Å²) in [6.07, 6.45) is 2.61. The Morgan fingerprint density at radius 1 is 1.31 bits per heavy atom. The first-order valence-corrected chi connectivity index (χ1v) is 15.3. The summed E-state index contributed by atoms with van der Waals surface area (Å²) < 4.78 is 65.2. The lowest BCUT2D eigenvalue weighted by Crippen LogP contribution is -2.47. The van der Waals surface area contributed by atoms with Crippen LogP contribution in [0.4, 0.5) is 33.6 Å². The molecule has 3 aromatic rings. The fraction of sp³-hybridized carbons (Fsp3) is 0.531. The van der Waals surface area contributed by atoms with Gasteiger partial charge in [0.2, 0.25) is 12.4 Å². The van der Waals surface area contributed by atoms with Gasteiger partial charge in [-0.05, 0) is 73.9 Å². The Morgan fingerprint density at radius 3 is 2.42 bits per heavy atom. The smallest absolute Gasteiger partial charge is 0.238 e. The predicted molar refractivity (Wildman–Crippen MR) is 179 cm³/mol. The molecule has 0 saturated carbocycles. The van der Waals surface area contributed by atoms with Crippen molar-refractivity contribution < 1.29 is 22.0 Å². The zero-order chi connectivity index (χ0) is 34.3. The Kier molecular flexibility index (Phi) is 13.5. The number of piperidine rings is 1.